The molecule has 0 spiro atoms. The minimum absolute atomic E-state index is 0.0891. The SMILES string of the molecule is CCOc1ccccc1CN(C)C(=O)C(C)(C)N. The molecule has 4 nitrogen and oxygen atoms in total. The van der Waals surface area contributed by atoms with Gasteiger partial charge in [-0.05, 0) is 26.8 Å². The fourth-order valence-electron chi connectivity index (χ4n) is 1.75. The van der Waals surface area contributed by atoms with Crippen LogP contribution in [0.2, 0.25) is 0 Å². The van der Waals surface area contributed by atoms with Crippen molar-refractivity contribution in [3.05, 3.63) is 29.8 Å². The Labute approximate surface area is 109 Å². The molecule has 0 aliphatic carbocycles. The van der Waals surface area contributed by atoms with Crippen molar-refractivity contribution in [3.63, 3.8) is 0 Å². The van der Waals surface area contributed by atoms with Gasteiger partial charge >= 0.3 is 0 Å². The van der Waals surface area contributed by atoms with Crippen LogP contribution in [0.5, 0.6) is 5.75 Å². The van der Waals surface area contributed by atoms with Gasteiger partial charge in [0.05, 0.1) is 12.1 Å². The first kappa shape index (κ1) is 14.5. The average molecular weight is 250 g/mol. The van der Waals surface area contributed by atoms with Gasteiger partial charge in [0.1, 0.15) is 5.75 Å². The fraction of sp³-hybridized carbons (Fsp3) is 0.500. The number of benzene rings is 1. The third kappa shape index (κ3) is 3.74. The molecule has 0 saturated heterocycles. The van der Waals surface area contributed by atoms with Crippen molar-refractivity contribution in [2.45, 2.75) is 32.9 Å². The summed E-state index contributed by atoms with van der Waals surface area (Å²) < 4.78 is 5.53. The summed E-state index contributed by atoms with van der Waals surface area (Å²) in [5, 5.41) is 0. The van der Waals surface area contributed by atoms with Crippen molar-refractivity contribution in [1.82, 2.24) is 4.90 Å². The van der Waals surface area contributed by atoms with Gasteiger partial charge in [0, 0.05) is 19.2 Å². The van der Waals surface area contributed by atoms with E-state index in [1.165, 1.54) is 0 Å². The van der Waals surface area contributed by atoms with Crippen LogP contribution in [0.1, 0.15) is 26.3 Å². The highest BCUT2D eigenvalue weighted by Gasteiger charge is 2.25. The first-order valence-corrected chi connectivity index (χ1v) is 6.11. The zero-order valence-electron chi connectivity index (χ0n) is 11.6. The Bertz CT molecular complexity index is 411. The number of hydrogen-bond acceptors (Lipinski definition) is 3. The van der Waals surface area contributed by atoms with Gasteiger partial charge in [0.15, 0.2) is 0 Å². The van der Waals surface area contributed by atoms with Gasteiger partial charge in [0.2, 0.25) is 5.91 Å². The molecule has 0 fully saturated rings. The predicted molar refractivity (Wildman–Crippen MR) is 72.4 cm³/mol. The lowest BCUT2D eigenvalue weighted by molar-refractivity contribution is -0.135. The van der Waals surface area contributed by atoms with E-state index in [9.17, 15) is 4.79 Å². The van der Waals surface area contributed by atoms with Crippen LogP contribution in [0.25, 0.3) is 0 Å². The quantitative estimate of drug-likeness (QED) is 0.866. The number of rotatable bonds is 5. The van der Waals surface area contributed by atoms with Crippen LogP contribution in [-0.4, -0.2) is 30.0 Å². The number of hydrogen-bond donors (Lipinski definition) is 1. The minimum atomic E-state index is -0.852. The molecule has 100 valence electrons. The Morgan fingerprint density at radius 1 is 1.39 bits per heavy atom. The van der Waals surface area contributed by atoms with Crippen LogP contribution < -0.4 is 10.5 Å². The van der Waals surface area contributed by atoms with Gasteiger partial charge in [-0.2, -0.15) is 0 Å². The molecule has 0 unspecified atom stereocenters. The molecular weight excluding hydrogens is 228 g/mol. The standard InChI is InChI=1S/C14H22N2O2/c1-5-18-12-9-7-6-8-11(12)10-16(4)13(17)14(2,3)15/h6-9H,5,10,15H2,1-4H3. The lowest BCUT2D eigenvalue weighted by Gasteiger charge is -2.26. The van der Waals surface area contributed by atoms with Crippen LogP contribution in [0.15, 0.2) is 24.3 Å². The summed E-state index contributed by atoms with van der Waals surface area (Å²) in [5.74, 6) is 0.725. The number of nitrogens with two attached hydrogens (primary N) is 1. The first-order chi connectivity index (χ1) is 8.36. The Hall–Kier alpha value is -1.55. The molecule has 1 rings (SSSR count). The third-order valence-corrected chi connectivity index (χ3v) is 2.58. The maximum Gasteiger partial charge on any atom is 0.242 e. The monoisotopic (exact) mass is 250 g/mol. The second kappa shape index (κ2) is 5.87. The van der Waals surface area contributed by atoms with Gasteiger partial charge in [-0.3, -0.25) is 4.79 Å². The molecule has 0 aliphatic rings. The maximum atomic E-state index is 12.0. The molecule has 0 aromatic heterocycles. The van der Waals surface area contributed by atoms with Gasteiger partial charge < -0.3 is 15.4 Å². The Morgan fingerprint density at radius 3 is 2.56 bits per heavy atom. The van der Waals surface area contributed by atoms with E-state index in [0.29, 0.717) is 13.2 Å². The van der Waals surface area contributed by atoms with Crippen molar-refractivity contribution < 1.29 is 9.53 Å². The van der Waals surface area contributed by atoms with E-state index < -0.39 is 5.54 Å². The maximum absolute atomic E-state index is 12.0. The van der Waals surface area contributed by atoms with E-state index in [1.807, 2.05) is 31.2 Å². The third-order valence-electron chi connectivity index (χ3n) is 2.58. The van der Waals surface area contributed by atoms with Gasteiger partial charge in [-0.25, -0.2) is 0 Å². The number of likely N-dealkylation sites (N-methyl/N-ethyl adjacent to an activating group) is 1. The van der Waals surface area contributed by atoms with Crippen LogP contribution in [0.4, 0.5) is 0 Å². The fourth-order valence-corrected chi connectivity index (χ4v) is 1.75. The highest BCUT2D eigenvalue weighted by Crippen LogP contribution is 2.20. The predicted octanol–water partition coefficient (Wildman–Crippen LogP) is 1.78. The molecule has 0 heterocycles. The highest BCUT2D eigenvalue weighted by molar-refractivity contribution is 5.84. The molecular formula is C14H22N2O2. The van der Waals surface area contributed by atoms with Crippen molar-refractivity contribution in [2.24, 2.45) is 5.73 Å². The van der Waals surface area contributed by atoms with E-state index in [-0.39, 0.29) is 5.91 Å². The smallest absolute Gasteiger partial charge is 0.242 e. The van der Waals surface area contributed by atoms with Crippen molar-refractivity contribution in [1.29, 1.82) is 0 Å². The van der Waals surface area contributed by atoms with E-state index in [1.54, 1.807) is 25.8 Å². The molecule has 18 heavy (non-hydrogen) atoms. The van der Waals surface area contributed by atoms with Crippen molar-refractivity contribution >= 4 is 5.91 Å². The Balaban J connectivity index is 2.81. The summed E-state index contributed by atoms with van der Waals surface area (Å²) in [6.45, 7) is 6.46. The Morgan fingerprint density at radius 2 is 2.00 bits per heavy atom. The summed E-state index contributed by atoms with van der Waals surface area (Å²) in [6.07, 6.45) is 0. The largest absolute Gasteiger partial charge is 0.494 e. The van der Waals surface area contributed by atoms with Gasteiger partial charge in [-0.15, -0.1) is 0 Å². The number of amides is 1. The highest BCUT2D eigenvalue weighted by atomic mass is 16.5. The summed E-state index contributed by atoms with van der Waals surface area (Å²) in [5.41, 5.74) is 5.94. The van der Waals surface area contributed by atoms with E-state index in [2.05, 4.69) is 0 Å². The second-order valence-corrected chi connectivity index (χ2v) is 4.92. The van der Waals surface area contributed by atoms with Crippen molar-refractivity contribution in [3.8, 4) is 5.75 Å². The lowest BCUT2D eigenvalue weighted by Crippen LogP contribution is -2.49. The van der Waals surface area contributed by atoms with E-state index in [0.717, 1.165) is 11.3 Å². The normalized spacial score (nSPS) is 11.2. The zero-order valence-corrected chi connectivity index (χ0v) is 11.6. The topological polar surface area (TPSA) is 55.6 Å². The van der Waals surface area contributed by atoms with Gasteiger partial charge in [0.25, 0.3) is 0 Å². The van der Waals surface area contributed by atoms with E-state index >= 15 is 0 Å². The van der Waals surface area contributed by atoms with Crippen LogP contribution in [0.3, 0.4) is 0 Å². The summed E-state index contributed by atoms with van der Waals surface area (Å²) in [4.78, 5) is 13.6. The molecule has 0 aliphatic heterocycles. The molecule has 1 aromatic rings. The van der Waals surface area contributed by atoms with Crippen LogP contribution >= 0.6 is 0 Å². The number of para-hydroxylation sites is 1. The van der Waals surface area contributed by atoms with Crippen LogP contribution in [-0.2, 0) is 11.3 Å². The number of nitrogens with zero attached hydrogens (tertiary/aromatic N) is 1. The molecule has 4 heteroatoms. The van der Waals surface area contributed by atoms with Crippen molar-refractivity contribution in [2.75, 3.05) is 13.7 Å². The number of carbonyl (C=O) groups is 1. The molecule has 1 aromatic carbocycles. The molecule has 0 bridgehead atoms. The molecule has 0 atom stereocenters. The molecule has 0 saturated carbocycles. The zero-order chi connectivity index (χ0) is 13.8. The second-order valence-electron chi connectivity index (χ2n) is 4.92. The number of carbonyl (C=O) groups excluding carboxylic acids is 1. The molecule has 2 N–H and O–H groups in total. The average Bonchev–Trinajstić information content (AvgIpc) is 2.29. The van der Waals surface area contributed by atoms with E-state index in [4.69, 9.17) is 10.5 Å². The summed E-state index contributed by atoms with van der Waals surface area (Å²) >= 11 is 0. The van der Waals surface area contributed by atoms with Gasteiger partial charge in [-0.1, -0.05) is 18.2 Å². The molecule has 1 amide bonds. The summed E-state index contributed by atoms with van der Waals surface area (Å²) in [6, 6.07) is 7.72. The minimum Gasteiger partial charge on any atom is -0.494 e. The lowest BCUT2D eigenvalue weighted by atomic mass is 10.1. The van der Waals surface area contributed by atoms with Crippen LogP contribution in [0, 0.1) is 0 Å². The number of ether oxygens (including phenoxy) is 1. The molecule has 0 radical (unpaired) electrons. The summed E-state index contributed by atoms with van der Waals surface area (Å²) in [7, 11) is 1.75. The first-order valence-electron chi connectivity index (χ1n) is 6.11. The Kier molecular flexibility index (Phi) is 4.73.